The highest BCUT2D eigenvalue weighted by atomic mass is 32.2. The normalized spacial score (nSPS) is 19.6. The predicted octanol–water partition coefficient (Wildman–Crippen LogP) is 1.72. The molecule has 7 heteroatoms. The van der Waals surface area contributed by atoms with Gasteiger partial charge in [-0.15, -0.1) is 11.8 Å². The number of carbonyl (C=O) groups is 3. The lowest BCUT2D eigenvalue weighted by Crippen LogP contribution is -2.47. The highest BCUT2D eigenvalue weighted by Crippen LogP contribution is 2.37. The van der Waals surface area contributed by atoms with Gasteiger partial charge in [0.1, 0.15) is 6.04 Å². The fourth-order valence-corrected chi connectivity index (χ4v) is 3.51. The van der Waals surface area contributed by atoms with Crippen molar-refractivity contribution in [2.75, 3.05) is 18.2 Å². The van der Waals surface area contributed by atoms with Crippen molar-refractivity contribution < 1.29 is 19.1 Å². The molecule has 1 aromatic rings. The van der Waals surface area contributed by atoms with Gasteiger partial charge in [-0.25, -0.2) is 4.79 Å². The van der Waals surface area contributed by atoms with Crippen LogP contribution in [-0.2, 0) is 14.3 Å². The smallest absolute Gasteiger partial charge is 0.339 e. The lowest BCUT2D eigenvalue weighted by molar-refractivity contribution is -0.130. The summed E-state index contributed by atoms with van der Waals surface area (Å²) in [6, 6.07) is 6.04. The summed E-state index contributed by atoms with van der Waals surface area (Å²) in [7, 11) is 1.28. The number of esters is 1. The molecule has 118 valence electrons. The van der Waals surface area contributed by atoms with Crippen LogP contribution in [0.25, 0.3) is 0 Å². The Morgan fingerprint density at radius 2 is 2.09 bits per heavy atom. The molecule has 1 saturated heterocycles. The molecule has 22 heavy (non-hydrogen) atoms. The van der Waals surface area contributed by atoms with E-state index in [1.54, 1.807) is 24.3 Å². The number of anilines is 1. The molecule has 0 bridgehead atoms. The van der Waals surface area contributed by atoms with Gasteiger partial charge in [0, 0.05) is 5.75 Å². The molecule has 1 fully saturated rings. The van der Waals surface area contributed by atoms with Gasteiger partial charge < -0.3 is 15.0 Å². The summed E-state index contributed by atoms with van der Waals surface area (Å²) in [5, 5.41) is 2.72. The van der Waals surface area contributed by atoms with E-state index < -0.39 is 16.9 Å². The topological polar surface area (TPSA) is 75.7 Å². The van der Waals surface area contributed by atoms with Crippen LogP contribution in [0.3, 0.4) is 0 Å². The Labute approximate surface area is 133 Å². The minimum atomic E-state index is -0.566. The molecule has 1 N–H and O–H groups in total. The van der Waals surface area contributed by atoms with Crippen molar-refractivity contribution in [2.24, 2.45) is 0 Å². The fourth-order valence-electron chi connectivity index (χ4n) is 2.31. The molecule has 1 aliphatic heterocycles. The van der Waals surface area contributed by atoms with Crippen molar-refractivity contribution in [1.82, 2.24) is 4.90 Å². The summed E-state index contributed by atoms with van der Waals surface area (Å²) >= 11 is 1.54. The first-order chi connectivity index (χ1) is 10.4. The zero-order chi connectivity index (χ0) is 16.3. The second-order valence-electron chi connectivity index (χ2n) is 5.31. The third-order valence-electron chi connectivity index (χ3n) is 3.56. The van der Waals surface area contributed by atoms with Crippen molar-refractivity contribution in [1.29, 1.82) is 0 Å². The summed E-state index contributed by atoms with van der Waals surface area (Å²) in [4.78, 5) is 36.5. The first-order valence-corrected chi connectivity index (χ1v) is 7.75. The lowest BCUT2D eigenvalue weighted by atomic mass is 10.1. The maximum absolute atomic E-state index is 12.5. The van der Waals surface area contributed by atoms with Crippen LogP contribution < -0.4 is 5.32 Å². The van der Waals surface area contributed by atoms with Crippen LogP contribution in [0, 0.1) is 0 Å². The molecule has 1 heterocycles. The Hall–Kier alpha value is -2.02. The number of amides is 2. The number of hydrogen-bond donors (Lipinski definition) is 1. The van der Waals surface area contributed by atoms with Gasteiger partial charge >= 0.3 is 5.97 Å². The van der Waals surface area contributed by atoms with Gasteiger partial charge in [0.15, 0.2) is 0 Å². The minimum Gasteiger partial charge on any atom is -0.465 e. The Bertz CT molecular complexity index is 603. The number of nitrogens with zero attached hydrogens (tertiary/aromatic N) is 1. The number of methoxy groups -OCH3 is 1. The number of thioether (sulfide) groups is 1. The maximum atomic E-state index is 12.5. The van der Waals surface area contributed by atoms with Crippen LogP contribution in [0.1, 0.15) is 24.2 Å². The SMILES string of the molecule is COC(=O)c1ccccc1NC(=O)C1CSC(C)(C)N1C=O. The van der Waals surface area contributed by atoms with Crippen LogP contribution in [0.2, 0.25) is 0 Å². The molecule has 2 amide bonds. The number of carbonyl (C=O) groups excluding carboxylic acids is 3. The quantitative estimate of drug-likeness (QED) is 0.675. The first kappa shape index (κ1) is 16.4. The Morgan fingerprint density at radius 1 is 1.41 bits per heavy atom. The van der Waals surface area contributed by atoms with E-state index in [1.807, 2.05) is 13.8 Å². The average Bonchev–Trinajstić information content (AvgIpc) is 2.81. The Morgan fingerprint density at radius 3 is 2.73 bits per heavy atom. The molecule has 0 aromatic heterocycles. The summed E-state index contributed by atoms with van der Waals surface area (Å²) in [5.74, 6) is -0.330. The van der Waals surface area contributed by atoms with E-state index in [9.17, 15) is 14.4 Å². The van der Waals surface area contributed by atoms with E-state index in [-0.39, 0.29) is 11.5 Å². The molecule has 2 rings (SSSR count). The minimum absolute atomic E-state index is 0.279. The number of hydrogen-bond acceptors (Lipinski definition) is 5. The maximum Gasteiger partial charge on any atom is 0.339 e. The molecule has 6 nitrogen and oxygen atoms in total. The van der Waals surface area contributed by atoms with Crippen molar-refractivity contribution in [3.8, 4) is 0 Å². The number of benzene rings is 1. The van der Waals surface area contributed by atoms with Gasteiger partial charge in [-0.2, -0.15) is 0 Å². The number of para-hydroxylation sites is 1. The lowest BCUT2D eigenvalue weighted by Gasteiger charge is -2.30. The van der Waals surface area contributed by atoms with Crippen molar-refractivity contribution in [3.63, 3.8) is 0 Å². The van der Waals surface area contributed by atoms with E-state index in [2.05, 4.69) is 5.32 Å². The standard InChI is InChI=1S/C15H18N2O4S/c1-15(2)17(9-18)12(8-22-15)13(19)16-11-7-5-4-6-10(11)14(20)21-3/h4-7,9,12H,8H2,1-3H3,(H,16,19). The van der Waals surface area contributed by atoms with Gasteiger partial charge in [-0.3, -0.25) is 9.59 Å². The highest BCUT2D eigenvalue weighted by molar-refractivity contribution is 8.00. The van der Waals surface area contributed by atoms with E-state index in [0.29, 0.717) is 17.9 Å². The van der Waals surface area contributed by atoms with Gasteiger partial charge in [-0.1, -0.05) is 12.1 Å². The molecule has 0 saturated carbocycles. The molecule has 0 aliphatic carbocycles. The molecule has 1 unspecified atom stereocenters. The second kappa shape index (κ2) is 6.39. The molecular weight excluding hydrogens is 304 g/mol. The van der Waals surface area contributed by atoms with Crippen molar-refractivity contribution in [2.45, 2.75) is 24.8 Å². The van der Waals surface area contributed by atoms with Crippen LogP contribution in [0.4, 0.5) is 5.69 Å². The van der Waals surface area contributed by atoms with E-state index in [4.69, 9.17) is 4.74 Å². The summed E-state index contributed by atoms with van der Waals surface area (Å²) < 4.78 is 4.70. The Balaban J connectivity index is 2.20. The zero-order valence-corrected chi connectivity index (χ0v) is 13.5. The Kier molecular flexibility index (Phi) is 4.75. The van der Waals surface area contributed by atoms with E-state index in [0.717, 1.165) is 0 Å². The predicted molar refractivity (Wildman–Crippen MR) is 84.6 cm³/mol. The molecule has 1 aromatic carbocycles. The van der Waals surface area contributed by atoms with E-state index in [1.165, 1.54) is 23.8 Å². The summed E-state index contributed by atoms with van der Waals surface area (Å²) in [5.41, 5.74) is 0.654. The van der Waals surface area contributed by atoms with Gasteiger partial charge in [0.2, 0.25) is 12.3 Å². The third-order valence-corrected chi connectivity index (χ3v) is 4.96. The van der Waals surface area contributed by atoms with Gasteiger partial charge in [-0.05, 0) is 26.0 Å². The van der Waals surface area contributed by atoms with Crippen molar-refractivity contribution >= 4 is 35.7 Å². The highest BCUT2D eigenvalue weighted by Gasteiger charge is 2.43. The summed E-state index contributed by atoms with van der Waals surface area (Å²) in [6.45, 7) is 3.78. The van der Waals surface area contributed by atoms with Gasteiger partial charge in [0.05, 0.1) is 23.2 Å². The molecular formula is C15H18N2O4S. The molecule has 1 aliphatic rings. The van der Waals surface area contributed by atoms with Gasteiger partial charge in [0.25, 0.3) is 0 Å². The molecule has 1 atom stereocenters. The third kappa shape index (κ3) is 3.09. The zero-order valence-electron chi connectivity index (χ0n) is 12.7. The largest absolute Gasteiger partial charge is 0.465 e. The first-order valence-electron chi connectivity index (χ1n) is 6.76. The second-order valence-corrected chi connectivity index (χ2v) is 6.93. The monoisotopic (exact) mass is 322 g/mol. The van der Waals surface area contributed by atoms with Crippen LogP contribution in [0.15, 0.2) is 24.3 Å². The summed E-state index contributed by atoms with van der Waals surface area (Å²) in [6.07, 6.45) is 0.691. The average molecular weight is 322 g/mol. The van der Waals surface area contributed by atoms with E-state index >= 15 is 0 Å². The number of nitrogens with one attached hydrogen (secondary N) is 1. The van der Waals surface area contributed by atoms with Crippen LogP contribution in [0.5, 0.6) is 0 Å². The number of ether oxygens (including phenoxy) is 1. The number of rotatable bonds is 4. The fraction of sp³-hybridized carbons (Fsp3) is 0.400. The van der Waals surface area contributed by atoms with Crippen LogP contribution in [-0.4, -0.2) is 47.0 Å². The van der Waals surface area contributed by atoms with Crippen LogP contribution >= 0.6 is 11.8 Å². The molecule has 0 radical (unpaired) electrons. The van der Waals surface area contributed by atoms with Crippen molar-refractivity contribution in [3.05, 3.63) is 29.8 Å². The molecule has 0 spiro atoms.